The van der Waals surface area contributed by atoms with Crippen molar-refractivity contribution in [1.29, 1.82) is 0 Å². The molecule has 0 saturated carbocycles. The van der Waals surface area contributed by atoms with E-state index >= 15 is 0 Å². The third kappa shape index (κ3) is 9.18. The highest BCUT2D eigenvalue weighted by Crippen LogP contribution is 1.65. The van der Waals surface area contributed by atoms with Gasteiger partial charge < -0.3 is 21.7 Å². The SMILES string of the molecule is C=CC(=O)NCCNCCNCCN. The van der Waals surface area contributed by atoms with Crippen molar-refractivity contribution in [3.63, 3.8) is 0 Å². The molecule has 5 N–H and O–H groups in total. The Morgan fingerprint density at radius 2 is 1.71 bits per heavy atom. The number of nitrogens with two attached hydrogens (primary N) is 1. The quantitative estimate of drug-likeness (QED) is 0.268. The Balaban J connectivity index is 2.99. The minimum Gasteiger partial charge on any atom is -0.351 e. The van der Waals surface area contributed by atoms with Crippen molar-refractivity contribution < 1.29 is 4.79 Å². The van der Waals surface area contributed by atoms with Crippen molar-refractivity contribution in [1.82, 2.24) is 16.0 Å². The van der Waals surface area contributed by atoms with Crippen molar-refractivity contribution in [2.45, 2.75) is 0 Å². The Bertz CT molecular complexity index is 161. The van der Waals surface area contributed by atoms with Crippen LogP contribution >= 0.6 is 0 Å². The zero-order chi connectivity index (χ0) is 10.6. The second-order valence-corrected chi connectivity index (χ2v) is 2.78. The van der Waals surface area contributed by atoms with E-state index in [0.717, 1.165) is 26.2 Å². The van der Waals surface area contributed by atoms with Crippen LogP contribution in [-0.4, -0.2) is 45.2 Å². The summed E-state index contributed by atoms with van der Waals surface area (Å²) < 4.78 is 0. The highest BCUT2D eigenvalue weighted by molar-refractivity contribution is 5.86. The van der Waals surface area contributed by atoms with E-state index in [0.29, 0.717) is 13.1 Å². The maximum Gasteiger partial charge on any atom is 0.243 e. The average molecular weight is 200 g/mol. The summed E-state index contributed by atoms with van der Waals surface area (Å²) in [5, 5.41) is 9.00. The molecule has 0 radical (unpaired) electrons. The Kier molecular flexibility index (Phi) is 9.51. The van der Waals surface area contributed by atoms with Gasteiger partial charge in [0.15, 0.2) is 0 Å². The molecule has 0 aliphatic heterocycles. The van der Waals surface area contributed by atoms with Crippen LogP contribution in [0.3, 0.4) is 0 Å². The molecule has 0 spiro atoms. The third-order valence-electron chi connectivity index (χ3n) is 1.59. The summed E-state index contributed by atoms with van der Waals surface area (Å²) in [6, 6.07) is 0. The van der Waals surface area contributed by atoms with Crippen molar-refractivity contribution in [2.75, 3.05) is 39.3 Å². The Morgan fingerprint density at radius 3 is 2.29 bits per heavy atom. The van der Waals surface area contributed by atoms with E-state index < -0.39 is 0 Å². The summed E-state index contributed by atoms with van der Waals surface area (Å²) >= 11 is 0. The molecule has 0 heterocycles. The highest BCUT2D eigenvalue weighted by atomic mass is 16.1. The van der Waals surface area contributed by atoms with Gasteiger partial charge in [-0.25, -0.2) is 0 Å². The van der Waals surface area contributed by atoms with Crippen LogP contribution in [0.2, 0.25) is 0 Å². The van der Waals surface area contributed by atoms with Gasteiger partial charge in [0, 0.05) is 39.3 Å². The van der Waals surface area contributed by atoms with Gasteiger partial charge in [-0.1, -0.05) is 6.58 Å². The number of carbonyl (C=O) groups is 1. The van der Waals surface area contributed by atoms with Gasteiger partial charge in [-0.15, -0.1) is 0 Å². The van der Waals surface area contributed by atoms with Gasteiger partial charge in [-0.05, 0) is 6.08 Å². The first kappa shape index (κ1) is 13.1. The minimum absolute atomic E-state index is 0.131. The third-order valence-corrected chi connectivity index (χ3v) is 1.59. The summed E-state index contributed by atoms with van der Waals surface area (Å²) in [4.78, 5) is 10.7. The molecule has 82 valence electrons. The lowest BCUT2D eigenvalue weighted by Gasteiger charge is -2.05. The number of carbonyl (C=O) groups excluding carboxylic acids is 1. The monoisotopic (exact) mass is 200 g/mol. The van der Waals surface area contributed by atoms with Gasteiger partial charge in [0.25, 0.3) is 0 Å². The summed E-state index contributed by atoms with van der Waals surface area (Å²) in [7, 11) is 0. The normalized spacial score (nSPS) is 9.79. The molecule has 0 aliphatic rings. The molecule has 5 heteroatoms. The molecule has 0 unspecified atom stereocenters. The molecular weight excluding hydrogens is 180 g/mol. The fourth-order valence-electron chi connectivity index (χ4n) is 0.875. The van der Waals surface area contributed by atoms with Gasteiger partial charge in [-0.2, -0.15) is 0 Å². The summed E-state index contributed by atoms with van der Waals surface area (Å²) in [5.74, 6) is -0.131. The average Bonchev–Trinajstić information content (AvgIpc) is 2.21. The summed E-state index contributed by atoms with van der Waals surface area (Å²) in [6.45, 7) is 8.03. The Morgan fingerprint density at radius 1 is 1.14 bits per heavy atom. The number of hydrogen-bond acceptors (Lipinski definition) is 4. The van der Waals surface area contributed by atoms with Crippen LogP contribution in [0.4, 0.5) is 0 Å². The molecule has 0 aromatic heterocycles. The van der Waals surface area contributed by atoms with Crippen LogP contribution in [-0.2, 0) is 4.79 Å². The van der Waals surface area contributed by atoms with Gasteiger partial charge in [0.1, 0.15) is 0 Å². The van der Waals surface area contributed by atoms with Gasteiger partial charge in [-0.3, -0.25) is 4.79 Å². The molecule has 1 amide bonds. The molecule has 14 heavy (non-hydrogen) atoms. The van der Waals surface area contributed by atoms with E-state index in [-0.39, 0.29) is 5.91 Å². The zero-order valence-electron chi connectivity index (χ0n) is 8.51. The largest absolute Gasteiger partial charge is 0.351 e. The molecule has 0 fully saturated rings. The second-order valence-electron chi connectivity index (χ2n) is 2.78. The van der Waals surface area contributed by atoms with Crippen molar-refractivity contribution >= 4 is 5.91 Å². The van der Waals surface area contributed by atoms with E-state index in [1.165, 1.54) is 6.08 Å². The lowest BCUT2D eigenvalue weighted by Crippen LogP contribution is -2.35. The van der Waals surface area contributed by atoms with E-state index in [9.17, 15) is 4.79 Å². The molecular formula is C9H20N4O. The summed E-state index contributed by atoms with van der Waals surface area (Å²) in [6.07, 6.45) is 1.27. The van der Waals surface area contributed by atoms with Crippen LogP contribution in [0, 0.1) is 0 Å². The molecule has 0 aromatic carbocycles. The topological polar surface area (TPSA) is 79.2 Å². The van der Waals surface area contributed by atoms with Crippen LogP contribution in [0.25, 0.3) is 0 Å². The fourth-order valence-corrected chi connectivity index (χ4v) is 0.875. The van der Waals surface area contributed by atoms with Gasteiger partial charge in [0.05, 0.1) is 0 Å². The maximum atomic E-state index is 10.7. The standard InChI is InChI=1S/C9H20N4O/c1-2-9(14)13-8-7-12-6-5-11-4-3-10/h2,11-12H,1,3-8,10H2,(H,13,14). The number of hydrogen-bond donors (Lipinski definition) is 4. The van der Waals surface area contributed by atoms with Crippen LogP contribution < -0.4 is 21.7 Å². The van der Waals surface area contributed by atoms with E-state index in [2.05, 4.69) is 22.5 Å². The molecule has 0 rings (SSSR count). The fraction of sp³-hybridized carbons (Fsp3) is 0.667. The van der Waals surface area contributed by atoms with Crippen LogP contribution in [0.15, 0.2) is 12.7 Å². The first-order chi connectivity index (χ1) is 6.81. The van der Waals surface area contributed by atoms with E-state index in [4.69, 9.17) is 5.73 Å². The molecule has 0 atom stereocenters. The maximum absolute atomic E-state index is 10.7. The Labute approximate surface area is 85.1 Å². The molecule has 0 saturated heterocycles. The smallest absolute Gasteiger partial charge is 0.243 e. The molecule has 0 bridgehead atoms. The first-order valence-corrected chi connectivity index (χ1v) is 4.83. The number of rotatable bonds is 9. The van der Waals surface area contributed by atoms with Crippen molar-refractivity contribution in [3.05, 3.63) is 12.7 Å². The molecule has 0 aromatic rings. The second kappa shape index (κ2) is 10.2. The Hall–Kier alpha value is -0.910. The zero-order valence-corrected chi connectivity index (χ0v) is 8.51. The summed E-state index contributed by atoms with van der Waals surface area (Å²) in [5.41, 5.74) is 5.30. The lowest BCUT2D eigenvalue weighted by molar-refractivity contribution is -0.116. The predicted molar refractivity (Wildman–Crippen MR) is 58.0 cm³/mol. The van der Waals surface area contributed by atoms with Gasteiger partial charge in [0.2, 0.25) is 5.91 Å². The molecule has 5 nitrogen and oxygen atoms in total. The lowest BCUT2D eigenvalue weighted by atomic mass is 10.5. The predicted octanol–water partition coefficient (Wildman–Crippen LogP) is -1.57. The van der Waals surface area contributed by atoms with Crippen LogP contribution in [0.1, 0.15) is 0 Å². The minimum atomic E-state index is -0.131. The first-order valence-electron chi connectivity index (χ1n) is 4.83. The van der Waals surface area contributed by atoms with Crippen molar-refractivity contribution in [3.8, 4) is 0 Å². The number of amides is 1. The highest BCUT2D eigenvalue weighted by Gasteiger charge is 1.91. The van der Waals surface area contributed by atoms with Crippen molar-refractivity contribution in [2.24, 2.45) is 5.73 Å². The van der Waals surface area contributed by atoms with E-state index in [1.54, 1.807) is 0 Å². The van der Waals surface area contributed by atoms with Crippen LogP contribution in [0.5, 0.6) is 0 Å². The molecule has 0 aliphatic carbocycles. The van der Waals surface area contributed by atoms with E-state index in [1.807, 2.05) is 0 Å². The number of nitrogens with one attached hydrogen (secondary N) is 3. The van der Waals surface area contributed by atoms with Gasteiger partial charge >= 0.3 is 0 Å².